The minimum Gasteiger partial charge on any atom is -0.497 e. The fraction of sp³-hybridized carbons (Fsp3) is 0.619. The lowest BCUT2D eigenvalue weighted by Crippen LogP contribution is -2.50. The molecule has 5 atom stereocenters. The van der Waals surface area contributed by atoms with Crippen molar-refractivity contribution in [3.63, 3.8) is 0 Å². The van der Waals surface area contributed by atoms with Crippen LogP contribution in [0.3, 0.4) is 0 Å². The average Bonchev–Trinajstić information content (AvgIpc) is 3.12. The second-order valence-electron chi connectivity index (χ2n) is 7.99. The van der Waals surface area contributed by atoms with Crippen LogP contribution >= 0.6 is 11.8 Å². The van der Waals surface area contributed by atoms with Gasteiger partial charge in [-0.15, -0.1) is 11.8 Å². The first-order valence-electron chi connectivity index (χ1n) is 10.4. The Hall–Kier alpha value is -1.97. The SMILES string of the molecule is COc1ccc(N(CC2NC3CCCC(O2)C(C2CN=CS2)C3)C(N)=O)c(OC)c1. The Bertz CT molecular complexity index is 784. The molecule has 2 heterocycles. The molecule has 1 aromatic rings. The molecule has 1 aromatic carbocycles. The van der Waals surface area contributed by atoms with Gasteiger partial charge in [-0.25, -0.2) is 4.79 Å². The zero-order valence-electron chi connectivity index (χ0n) is 17.5. The van der Waals surface area contributed by atoms with E-state index in [4.69, 9.17) is 19.9 Å². The zero-order chi connectivity index (χ0) is 21.1. The van der Waals surface area contributed by atoms with Crippen molar-refractivity contribution in [3.8, 4) is 11.5 Å². The van der Waals surface area contributed by atoms with Crippen molar-refractivity contribution in [2.24, 2.45) is 16.6 Å². The van der Waals surface area contributed by atoms with Crippen LogP contribution < -0.4 is 25.4 Å². The van der Waals surface area contributed by atoms with Crippen LogP contribution in [-0.2, 0) is 4.74 Å². The van der Waals surface area contributed by atoms with E-state index in [1.165, 1.54) is 4.90 Å². The van der Waals surface area contributed by atoms with Crippen LogP contribution in [0.15, 0.2) is 23.2 Å². The number of primary amides is 1. The molecular weight excluding hydrogens is 404 g/mol. The summed E-state index contributed by atoms with van der Waals surface area (Å²) in [5.74, 6) is 1.64. The van der Waals surface area contributed by atoms with Gasteiger partial charge < -0.3 is 19.9 Å². The number of urea groups is 1. The van der Waals surface area contributed by atoms with E-state index >= 15 is 0 Å². The molecule has 2 fully saturated rings. The Morgan fingerprint density at radius 2 is 2.23 bits per heavy atom. The van der Waals surface area contributed by atoms with Crippen molar-refractivity contribution in [1.29, 1.82) is 0 Å². The molecule has 0 radical (unpaired) electrons. The third kappa shape index (κ3) is 4.53. The molecule has 0 aromatic heterocycles. The van der Waals surface area contributed by atoms with Crippen LogP contribution in [0.4, 0.5) is 10.5 Å². The van der Waals surface area contributed by atoms with E-state index in [2.05, 4.69) is 10.3 Å². The molecule has 2 aliphatic heterocycles. The third-order valence-corrected chi connectivity index (χ3v) is 7.32. The Balaban J connectivity index is 1.54. The molecule has 1 aliphatic carbocycles. The molecule has 8 nitrogen and oxygen atoms in total. The molecule has 4 rings (SSSR count). The summed E-state index contributed by atoms with van der Waals surface area (Å²) >= 11 is 1.82. The molecule has 164 valence electrons. The number of rotatable bonds is 6. The normalized spacial score (nSPS) is 30.5. The van der Waals surface area contributed by atoms with Gasteiger partial charge in [-0.2, -0.15) is 0 Å². The van der Waals surface area contributed by atoms with Gasteiger partial charge in [0, 0.05) is 23.3 Å². The lowest BCUT2D eigenvalue weighted by Gasteiger charge is -2.33. The zero-order valence-corrected chi connectivity index (χ0v) is 18.3. The summed E-state index contributed by atoms with van der Waals surface area (Å²) in [7, 11) is 3.15. The number of methoxy groups -OCH3 is 2. The molecule has 2 amide bonds. The highest BCUT2D eigenvalue weighted by molar-refractivity contribution is 8.12. The second kappa shape index (κ2) is 9.45. The van der Waals surface area contributed by atoms with Crippen molar-refractivity contribution in [2.75, 3.05) is 32.2 Å². The van der Waals surface area contributed by atoms with Crippen molar-refractivity contribution in [2.45, 2.75) is 49.3 Å². The summed E-state index contributed by atoms with van der Waals surface area (Å²) in [5, 5.41) is 4.11. The predicted molar refractivity (Wildman–Crippen MR) is 119 cm³/mol. The van der Waals surface area contributed by atoms with Crippen LogP contribution in [-0.4, -0.2) is 62.5 Å². The lowest BCUT2D eigenvalue weighted by atomic mass is 9.92. The van der Waals surface area contributed by atoms with Gasteiger partial charge in [-0.1, -0.05) is 0 Å². The van der Waals surface area contributed by atoms with Gasteiger partial charge in [-0.05, 0) is 37.8 Å². The van der Waals surface area contributed by atoms with Crippen molar-refractivity contribution < 1.29 is 19.0 Å². The molecule has 1 saturated heterocycles. The Morgan fingerprint density at radius 3 is 2.93 bits per heavy atom. The van der Waals surface area contributed by atoms with Gasteiger partial charge in [-0.3, -0.25) is 15.2 Å². The number of carbonyl (C=O) groups is 1. The minimum absolute atomic E-state index is 0.154. The number of thioether (sulfide) groups is 1. The van der Waals surface area contributed by atoms with Crippen LogP contribution in [0.1, 0.15) is 25.7 Å². The number of benzene rings is 1. The van der Waals surface area contributed by atoms with E-state index in [0.29, 0.717) is 40.9 Å². The number of nitrogens with two attached hydrogens (primary N) is 1. The number of anilines is 1. The predicted octanol–water partition coefficient (Wildman–Crippen LogP) is 2.61. The number of nitrogens with zero attached hydrogens (tertiary/aromatic N) is 2. The van der Waals surface area contributed by atoms with Gasteiger partial charge in [0.05, 0.1) is 44.6 Å². The molecule has 3 aliphatic rings. The Morgan fingerprint density at radius 1 is 1.37 bits per heavy atom. The molecule has 30 heavy (non-hydrogen) atoms. The summed E-state index contributed by atoms with van der Waals surface area (Å²) < 4.78 is 17.3. The monoisotopic (exact) mass is 434 g/mol. The molecular formula is C21H30N4O4S. The largest absolute Gasteiger partial charge is 0.497 e. The van der Waals surface area contributed by atoms with Crippen molar-refractivity contribution in [1.82, 2.24) is 5.32 Å². The summed E-state index contributed by atoms with van der Waals surface area (Å²) in [6.45, 7) is 1.18. The summed E-state index contributed by atoms with van der Waals surface area (Å²) in [5.41, 5.74) is 8.33. The number of aliphatic imine (C=N–C) groups is 1. The fourth-order valence-electron chi connectivity index (χ4n) is 4.73. The van der Waals surface area contributed by atoms with E-state index in [1.807, 2.05) is 17.3 Å². The Labute approximate surface area is 181 Å². The molecule has 2 bridgehead atoms. The number of ether oxygens (including phenoxy) is 3. The smallest absolute Gasteiger partial charge is 0.319 e. The van der Waals surface area contributed by atoms with E-state index in [-0.39, 0.29) is 12.3 Å². The van der Waals surface area contributed by atoms with Crippen LogP contribution in [0, 0.1) is 5.92 Å². The standard InChI is InChI=1S/C21H30N4O4S/c1-27-14-6-7-16(18(9-14)28-2)25(21(22)26)11-20-24-13-4-3-5-17(29-20)15(8-13)19-10-23-12-30-19/h6-7,9,12-13,15,17,19-20,24H,3-5,8,10-11H2,1-2H3,(H2,22,26). The van der Waals surface area contributed by atoms with Gasteiger partial charge in [0.15, 0.2) is 0 Å². The van der Waals surface area contributed by atoms with E-state index in [9.17, 15) is 4.79 Å². The highest BCUT2D eigenvalue weighted by atomic mass is 32.2. The molecule has 0 spiro atoms. The number of carbonyl (C=O) groups excluding carboxylic acids is 1. The number of nitrogens with one attached hydrogen (secondary N) is 1. The number of amides is 2. The van der Waals surface area contributed by atoms with Crippen LogP contribution in [0.5, 0.6) is 11.5 Å². The molecule has 3 N–H and O–H groups in total. The highest BCUT2D eigenvalue weighted by Crippen LogP contribution is 2.38. The Kier molecular flexibility index (Phi) is 6.70. The first-order valence-corrected chi connectivity index (χ1v) is 11.4. The number of hydrogen-bond donors (Lipinski definition) is 2. The average molecular weight is 435 g/mol. The first-order chi connectivity index (χ1) is 14.6. The van der Waals surface area contributed by atoms with Gasteiger partial charge >= 0.3 is 6.03 Å². The highest BCUT2D eigenvalue weighted by Gasteiger charge is 2.41. The third-order valence-electron chi connectivity index (χ3n) is 6.20. The fourth-order valence-corrected chi connectivity index (χ4v) is 5.72. The lowest BCUT2D eigenvalue weighted by molar-refractivity contribution is -0.0471. The van der Waals surface area contributed by atoms with E-state index in [0.717, 1.165) is 32.2 Å². The van der Waals surface area contributed by atoms with E-state index in [1.54, 1.807) is 32.4 Å². The summed E-state index contributed by atoms with van der Waals surface area (Å²) in [6, 6.07) is 5.14. The van der Waals surface area contributed by atoms with Gasteiger partial charge in [0.2, 0.25) is 0 Å². The van der Waals surface area contributed by atoms with Crippen LogP contribution in [0.25, 0.3) is 0 Å². The first kappa shape index (κ1) is 21.3. The maximum Gasteiger partial charge on any atom is 0.319 e. The maximum absolute atomic E-state index is 12.4. The second-order valence-corrected chi connectivity index (χ2v) is 9.08. The summed E-state index contributed by atoms with van der Waals surface area (Å²) in [4.78, 5) is 18.3. The molecule has 9 heteroatoms. The number of hydrogen-bond acceptors (Lipinski definition) is 7. The van der Waals surface area contributed by atoms with Gasteiger partial charge in [0.1, 0.15) is 17.7 Å². The number of fused-ring (bicyclic) bond motifs is 3. The van der Waals surface area contributed by atoms with Crippen molar-refractivity contribution in [3.05, 3.63) is 18.2 Å². The van der Waals surface area contributed by atoms with Gasteiger partial charge in [0.25, 0.3) is 0 Å². The topological polar surface area (TPSA) is 98.4 Å². The minimum atomic E-state index is -0.547. The molecule has 5 unspecified atom stereocenters. The van der Waals surface area contributed by atoms with Crippen LogP contribution in [0.2, 0.25) is 0 Å². The van der Waals surface area contributed by atoms with Crippen molar-refractivity contribution >= 4 is 29.0 Å². The summed E-state index contributed by atoms with van der Waals surface area (Å²) in [6.07, 6.45) is 4.24. The molecule has 1 saturated carbocycles. The van der Waals surface area contributed by atoms with E-state index < -0.39 is 6.03 Å². The maximum atomic E-state index is 12.4. The quantitative estimate of drug-likeness (QED) is 0.714.